The van der Waals surface area contributed by atoms with Crippen molar-refractivity contribution in [1.29, 1.82) is 0 Å². The molecule has 392 valence electrons. The molecule has 8 nitrogen and oxygen atoms in total. The number of aryl methyl sites for hydroxylation is 4. The van der Waals surface area contributed by atoms with Crippen LogP contribution < -0.4 is 64.6 Å². The second-order valence-corrected chi connectivity index (χ2v) is 21.3. The van der Waals surface area contributed by atoms with Gasteiger partial charge < -0.3 is 74.5 Å². The number of pyridine rings is 3. The summed E-state index contributed by atoms with van der Waals surface area (Å²) in [7, 11) is 0. The molecule has 0 radical (unpaired) electrons. The second-order valence-electron chi connectivity index (χ2n) is 21.3. The summed E-state index contributed by atoms with van der Waals surface area (Å²) < 4.78 is 31.8. The zero-order valence-corrected chi connectivity index (χ0v) is 49.9. The quantitative estimate of drug-likeness (QED) is 0.0855. The number of rotatable bonds is 20. The predicted octanol–water partition coefficient (Wildman–Crippen LogP) is 4.11. The van der Waals surface area contributed by atoms with E-state index in [1.807, 2.05) is 6.07 Å². The third-order valence-electron chi connectivity index (χ3n) is 10.3. The molecule has 0 amide bonds. The molecule has 0 bridgehead atoms. The molecule has 2 aromatic carbocycles. The first-order chi connectivity index (χ1) is 31.8. The minimum absolute atomic E-state index is 0. The molecule has 6 rings (SSSR count). The average molecular weight is 1160 g/mol. The van der Waals surface area contributed by atoms with Gasteiger partial charge in [-0.05, 0) is 151 Å². The maximum atomic E-state index is 5.75. The molecule has 4 heterocycles. The third-order valence-corrected chi connectivity index (χ3v) is 10.3. The Morgan fingerprint density at radius 3 is 1.31 bits per heavy atom. The number of unbranched alkanes of at least 4 members (excludes halogenated alkanes) is 4. The van der Waals surface area contributed by atoms with Crippen LogP contribution >= 0.6 is 0 Å². The Hall–Kier alpha value is -3.03. The Morgan fingerprint density at radius 1 is 0.371 bits per heavy atom. The predicted molar refractivity (Wildman–Crippen MR) is 279 cm³/mol. The standard InChI is InChI=1S/2C17H24NO.C13H22NO.C12H21NO.3BrH/c1-17(2,3)19-14-7-6-12-18-13-8-10-15-9-4-5-11-16(15)18;1-17(2,3)19-13-7-6-11-18-12-10-15-8-4-5-9-16(15)14-18;1-13(2,3)15-12-8-7-11-14-9-5-4-6-10-14;1-12(2,3)14-11-7-6-10-13-8-4-5-9-13;;;/h4-5,8-11,13H,6-7,12,14H2,1-3H3;4-5,8-10,12,14H,6-7,11,13H2,1-3H3;4-6,9-10H,7-8,11-12H2,1-3H3;4-5,8-9H,6-7,10-11H2,1-3H3;3*1H/q3*+1;;;;/p-3. The summed E-state index contributed by atoms with van der Waals surface area (Å²) in [5, 5.41) is 3.90. The van der Waals surface area contributed by atoms with Crippen LogP contribution in [0, 0.1) is 0 Å². The Bertz CT molecular complexity index is 2170. The minimum atomic E-state index is -0.0212. The van der Waals surface area contributed by atoms with Crippen LogP contribution in [0.25, 0.3) is 21.7 Å². The molecule has 0 saturated heterocycles. The molecule has 0 aliphatic carbocycles. The summed E-state index contributed by atoms with van der Waals surface area (Å²) in [5.41, 5.74) is 1.28. The van der Waals surface area contributed by atoms with E-state index < -0.39 is 0 Å². The van der Waals surface area contributed by atoms with E-state index in [0.717, 1.165) is 91.1 Å². The fourth-order valence-electron chi connectivity index (χ4n) is 6.92. The molecule has 0 N–H and O–H groups in total. The molecule has 70 heavy (non-hydrogen) atoms. The van der Waals surface area contributed by atoms with Gasteiger partial charge in [0, 0.05) is 106 Å². The van der Waals surface area contributed by atoms with Gasteiger partial charge in [-0.3, -0.25) is 0 Å². The number of hydrogen-bond donors (Lipinski definition) is 0. The average Bonchev–Trinajstić information content (AvgIpc) is 3.79. The van der Waals surface area contributed by atoms with Crippen LogP contribution in [-0.2, 0) is 45.1 Å². The van der Waals surface area contributed by atoms with Gasteiger partial charge >= 0.3 is 0 Å². The summed E-state index contributed by atoms with van der Waals surface area (Å²) in [6.45, 7) is 32.9. The smallest absolute Gasteiger partial charge is 0.212 e. The molecule has 11 heteroatoms. The lowest BCUT2D eigenvalue weighted by Gasteiger charge is -2.19. The van der Waals surface area contributed by atoms with Crippen molar-refractivity contribution in [3.8, 4) is 0 Å². The zero-order chi connectivity index (χ0) is 49.0. The first-order valence-corrected chi connectivity index (χ1v) is 25.1. The molecule has 0 spiro atoms. The van der Waals surface area contributed by atoms with E-state index in [-0.39, 0.29) is 73.3 Å². The number of halogens is 3. The number of nitrogens with zero attached hydrogens (tertiary/aromatic N) is 4. The molecular formula is C59H91Br3N4O4. The SMILES string of the molecule is CC(C)(C)OCCCC[n+]1ccc2ccccc2c1.CC(C)(C)OCCCC[n+]1cccc2ccccc21.CC(C)(C)OCCCC[n+]1ccccc1.CC(C)(C)OCCCCn1cccc1.[Br-].[Br-].[Br-]. The van der Waals surface area contributed by atoms with Crippen LogP contribution in [-0.4, -0.2) is 53.4 Å². The van der Waals surface area contributed by atoms with Gasteiger partial charge in [-0.1, -0.05) is 36.4 Å². The highest BCUT2D eigenvalue weighted by atomic mass is 79.9. The summed E-state index contributed by atoms with van der Waals surface area (Å²) in [6, 6.07) is 33.8. The molecule has 0 unspecified atom stereocenters. The normalized spacial score (nSPS) is 11.4. The topological polar surface area (TPSA) is 53.5 Å². The second kappa shape index (κ2) is 36.0. The first-order valence-electron chi connectivity index (χ1n) is 25.1. The monoisotopic (exact) mass is 1160 g/mol. The van der Waals surface area contributed by atoms with Gasteiger partial charge in [-0.25, -0.2) is 9.13 Å². The van der Waals surface area contributed by atoms with E-state index in [2.05, 4.69) is 236 Å². The highest BCUT2D eigenvalue weighted by Crippen LogP contribution is 2.13. The van der Waals surface area contributed by atoms with Crippen molar-refractivity contribution in [3.05, 3.63) is 140 Å². The Labute approximate surface area is 456 Å². The van der Waals surface area contributed by atoms with Gasteiger partial charge in [-0.15, -0.1) is 0 Å². The van der Waals surface area contributed by atoms with Crippen LogP contribution in [0.5, 0.6) is 0 Å². The number of fused-ring (bicyclic) bond motifs is 2. The molecule has 0 fully saturated rings. The first kappa shape index (κ1) is 67.0. The molecule has 6 aromatic rings. The van der Waals surface area contributed by atoms with Crippen molar-refractivity contribution in [1.82, 2.24) is 4.57 Å². The maximum absolute atomic E-state index is 5.75. The molecule has 0 aliphatic rings. The lowest BCUT2D eigenvalue weighted by molar-refractivity contribution is -0.697. The molecule has 0 aliphatic heterocycles. The van der Waals surface area contributed by atoms with E-state index in [0.29, 0.717) is 0 Å². The largest absolute Gasteiger partial charge is 1.00 e. The Kier molecular flexibility index (Phi) is 34.4. The molecule has 0 saturated carbocycles. The van der Waals surface area contributed by atoms with Gasteiger partial charge in [0.15, 0.2) is 31.0 Å². The van der Waals surface area contributed by atoms with Gasteiger partial charge in [0.25, 0.3) is 0 Å². The van der Waals surface area contributed by atoms with Crippen LogP contribution in [0.2, 0.25) is 0 Å². The van der Waals surface area contributed by atoms with Crippen LogP contribution in [0.4, 0.5) is 0 Å². The van der Waals surface area contributed by atoms with Crippen LogP contribution in [0.3, 0.4) is 0 Å². The summed E-state index contributed by atoms with van der Waals surface area (Å²) in [6.07, 6.45) is 24.1. The Morgan fingerprint density at radius 2 is 0.800 bits per heavy atom. The number of benzene rings is 2. The van der Waals surface area contributed by atoms with Gasteiger partial charge in [0.05, 0.1) is 22.4 Å². The maximum Gasteiger partial charge on any atom is 0.212 e. The number of para-hydroxylation sites is 1. The van der Waals surface area contributed by atoms with Crippen LogP contribution in [0.1, 0.15) is 134 Å². The highest BCUT2D eigenvalue weighted by Gasteiger charge is 2.13. The van der Waals surface area contributed by atoms with Gasteiger partial charge in [0.1, 0.15) is 19.6 Å². The number of ether oxygens (including phenoxy) is 4. The van der Waals surface area contributed by atoms with Gasteiger partial charge in [-0.2, -0.15) is 4.57 Å². The third kappa shape index (κ3) is 33.6. The van der Waals surface area contributed by atoms with Crippen molar-refractivity contribution in [2.75, 3.05) is 26.4 Å². The summed E-state index contributed by atoms with van der Waals surface area (Å²) >= 11 is 0. The zero-order valence-electron chi connectivity index (χ0n) is 45.1. The van der Waals surface area contributed by atoms with Crippen LogP contribution in [0.15, 0.2) is 140 Å². The van der Waals surface area contributed by atoms with Gasteiger partial charge in [0.2, 0.25) is 5.52 Å². The van der Waals surface area contributed by atoms with E-state index in [9.17, 15) is 0 Å². The fourth-order valence-corrected chi connectivity index (χ4v) is 6.92. The molecule has 0 atom stereocenters. The number of aromatic nitrogens is 4. The summed E-state index contributed by atoms with van der Waals surface area (Å²) in [5.74, 6) is 0. The van der Waals surface area contributed by atoms with E-state index in [1.165, 1.54) is 34.5 Å². The van der Waals surface area contributed by atoms with E-state index >= 15 is 0 Å². The van der Waals surface area contributed by atoms with Crippen molar-refractivity contribution in [2.24, 2.45) is 0 Å². The lowest BCUT2D eigenvalue weighted by Crippen LogP contribution is -3.00. The van der Waals surface area contributed by atoms with E-state index in [4.69, 9.17) is 18.9 Å². The van der Waals surface area contributed by atoms with E-state index in [1.54, 1.807) is 0 Å². The number of hydrogen-bond acceptors (Lipinski definition) is 4. The van der Waals surface area contributed by atoms with Crippen molar-refractivity contribution >= 4 is 21.7 Å². The molecule has 4 aromatic heterocycles. The fraction of sp³-hybridized carbons (Fsp3) is 0.542. The minimum Gasteiger partial charge on any atom is -1.00 e. The summed E-state index contributed by atoms with van der Waals surface area (Å²) in [4.78, 5) is 0. The highest BCUT2D eigenvalue weighted by molar-refractivity contribution is 5.80. The Balaban J connectivity index is 0.000000902. The van der Waals surface area contributed by atoms with Crippen molar-refractivity contribution in [2.45, 2.75) is 183 Å². The molecular weight excluding hydrogens is 1070 g/mol. The van der Waals surface area contributed by atoms with Crippen molar-refractivity contribution < 1.29 is 83.6 Å². The lowest BCUT2D eigenvalue weighted by atomic mass is 10.2. The van der Waals surface area contributed by atoms with Crippen molar-refractivity contribution in [3.63, 3.8) is 0 Å².